The molecule has 5 nitrogen and oxygen atoms in total. The van der Waals surface area contributed by atoms with Gasteiger partial charge in [0.1, 0.15) is 0 Å². The van der Waals surface area contributed by atoms with Gasteiger partial charge in [0.05, 0.1) is 4.92 Å². The topological polar surface area (TPSA) is 83.3 Å². The van der Waals surface area contributed by atoms with Crippen molar-refractivity contribution in [2.45, 2.75) is 0 Å². The second-order valence-corrected chi connectivity index (χ2v) is 2.47. The number of benzene rings is 1. The zero-order valence-corrected chi connectivity index (χ0v) is 10.0. The first-order chi connectivity index (χ1) is 6.65. The number of hydrogen-bond acceptors (Lipinski definition) is 4. The summed E-state index contributed by atoms with van der Waals surface area (Å²) in [5, 5.41) is 20.2. The van der Waals surface area contributed by atoms with Crippen molar-refractivity contribution in [3.05, 3.63) is 52.3 Å². The van der Waals surface area contributed by atoms with Gasteiger partial charge in [-0.3, -0.25) is 14.9 Å². The number of allylic oxidation sites excluding steroid dienone is 1. The van der Waals surface area contributed by atoms with E-state index in [1.54, 1.807) is 0 Å². The summed E-state index contributed by atoms with van der Waals surface area (Å²) in [7, 11) is 0. The van der Waals surface area contributed by atoms with Gasteiger partial charge in [-0.05, 0) is 18.2 Å². The molecular weight excluding hydrogens is 209 g/mol. The van der Waals surface area contributed by atoms with Crippen LogP contribution in [-0.2, 0) is 0 Å². The van der Waals surface area contributed by atoms with E-state index >= 15 is 0 Å². The van der Waals surface area contributed by atoms with Crippen LogP contribution in [-0.4, -0.2) is 10.7 Å². The predicted molar refractivity (Wildman–Crippen MR) is 46.6 cm³/mol. The van der Waals surface area contributed by atoms with Gasteiger partial charge >= 0.3 is 29.6 Å². The number of ketones is 1. The maximum atomic E-state index is 11.1. The molecule has 1 aromatic carbocycles. The molecule has 6 heteroatoms. The Morgan fingerprint density at radius 2 is 1.80 bits per heavy atom. The largest absolute Gasteiger partial charge is 1.00 e. The molecule has 0 aliphatic heterocycles. The number of non-ortho nitro benzene ring substituents is 1. The summed E-state index contributed by atoms with van der Waals surface area (Å²) in [5.41, 5.74) is 0.162. The van der Waals surface area contributed by atoms with Gasteiger partial charge in [0.2, 0.25) is 0 Å². The van der Waals surface area contributed by atoms with E-state index in [0.29, 0.717) is 6.26 Å². The molecule has 0 aromatic heterocycles. The van der Waals surface area contributed by atoms with Gasteiger partial charge in [0.15, 0.2) is 5.78 Å². The number of nitrogens with zero attached hydrogens (tertiary/aromatic N) is 1. The number of carbonyl (C=O) groups excluding carboxylic acids is 1. The molecule has 0 N–H and O–H groups in total. The van der Waals surface area contributed by atoms with Crippen molar-refractivity contribution < 1.29 is 44.4 Å². The molecule has 0 unspecified atom stereocenters. The molecule has 15 heavy (non-hydrogen) atoms. The summed E-state index contributed by atoms with van der Waals surface area (Å²) in [6, 6.07) is 5.04. The van der Waals surface area contributed by atoms with E-state index in [2.05, 4.69) is 0 Å². The van der Waals surface area contributed by atoms with Crippen molar-refractivity contribution in [1.29, 1.82) is 0 Å². The zero-order chi connectivity index (χ0) is 10.6. The van der Waals surface area contributed by atoms with Crippen LogP contribution in [0.25, 0.3) is 0 Å². The van der Waals surface area contributed by atoms with E-state index in [-0.39, 0.29) is 40.8 Å². The number of rotatable bonds is 3. The first kappa shape index (κ1) is 13.8. The fraction of sp³-hybridized carbons (Fsp3) is 0. The molecule has 72 valence electrons. The Balaban J connectivity index is 0.00000196. The van der Waals surface area contributed by atoms with Gasteiger partial charge in [0.25, 0.3) is 5.69 Å². The normalized spacial score (nSPS) is 9.60. The third-order valence-corrected chi connectivity index (χ3v) is 1.58. The molecule has 0 aliphatic carbocycles. The first-order valence-electron chi connectivity index (χ1n) is 3.72. The quantitative estimate of drug-likeness (QED) is 0.141. The fourth-order valence-corrected chi connectivity index (χ4v) is 0.905. The van der Waals surface area contributed by atoms with Crippen LogP contribution < -0.4 is 34.7 Å². The molecule has 0 fully saturated rings. The van der Waals surface area contributed by atoms with E-state index in [1.807, 2.05) is 0 Å². The standard InChI is InChI=1S/C9H7NO4.Na/c11-6-5-9(12)7-1-3-8(4-2-7)10(13)14;/h1-6,11H;/q;+1/p-1. The van der Waals surface area contributed by atoms with E-state index in [4.69, 9.17) is 0 Å². The summed E-state index contributed by atoms with van der Waals surface area (Å²) >= 11 is 0. The molecular formula is C9H6NNaO4. The summed E-state index contributed by atoms with van der Waals surface area (Å²) in [4.78, 5) is 20.8. The van der Waals surface area contributed by atoms with Gasteiger partial charge in [-0.15, -0.1) is 6.26 Å². The third kappa shape index (κ3) is 3.83. The Bertz CT molecular complexity index is 386. The number of nitro benzene ring substituents is 1. The molecule has 0 amide bonds. The second kappa shape index (κ2) is 6.34. The SMILES string of the molecule is O=C(C=C[O-])c1ccc([N+](=O)[O-])cc1.[Na+]. The molecule has 0 radical (unpaired) electrons. The zero-order valence-electron chi connectivity index (χ0n) is 8.04. The molecule has 0 spiro atoms. The Labute approximate surface area is 108 Å². The molecule has 0 saturated carbocycles. The molecule has 0 saturated heterocycles. The van der Waals surface area contributed by atoms with Crippen LogP contribution in [0.4, 0.5) is 5.69 Å². The average molecular weight is 215 g/mol. The van der Waals surface area contributed by atoms with Crippen molar-refractivity contribution in [1.82, 2.24) is 0 Å². The molecule has 0 atom stereocenters. The Hall–Kier alpha value is -1.17. The van der Waals surface area contributed by atoms with E-state index in [1.165, 1.54) is 24.3 Å². The van der Waals surface area contributed by atoms with Crippen molar-refractivity contribution >= 4 is 11.5 Å². The summed E-state index contributed by atoms with van der Waals surface area (Å²) in [6.45, 7) is 0. The molecule has 0 aliphatic rings. The van der Waals surface area contributed by atoms with Crippen LogP contribution in [0, 0.1) is 10.1 Å². The number of hydrogen-bond donors (Lipinski definition) is 0. The summed E-state index contributed by atoms with van der Waals surface area (Å²) in [5.74, 6) is -0.463. The van der Waals surface area contributed by atoms with Crippen molar-refractivity contribution in [2.75, 3.05) is 0 Å². The number of nitro groups is 1. The van der Waals surface area contributed by atoms with E-state index in [0.717, 1.165) is 6.08 Å². The van der Waals surface area contributed by atoms with Crippen molar-refractivity contribution in [3.8, 4) is 0 Å². The second-order valence-electron chi connectivity index (χ2n) is 2.47. The van der Waals surface area contributed by atoms with Crippen LogP contribution in [0.15, 0.2) is 36.6 Å². The van der Waals surface area contributed by atoms with Crippen LogP contribution in [0.5, 0.6) is 0 Å². The van der Waals surface area contributed by atoms with Gasteiger partial charge in [0, 0.05) is 17.7 Å². The molecule has 1 aromatic rings. The van der Waals surface area contributed by atoms with Gasteiger partial charge in [-0.2, -0.15) is 0 Å². The smallest absolute Gasteiger partial charge is 0.878 e. The van der Waals surface area contributed by atoms with Crippen LogP contribution in [0.3, 0.4) is 0 Å². The fourth-order valence-electron chi connectivity index (χ4n) is 0.905. The van der Waals surface area contributed by atoms with Crippen molar-refractivity contribution in [3.63, 3.8) is 0 Å². The monoisotopic (exact) mass is 215 g/mol. The van der Waals surface area contributed by atoms with Crippen LogP contribution in [0.2, 0.25) is 0 Å². The van der Waals surface area contributed by atoms with Crippen molar-refractivity contribution in [2.24, 2.45) is 0 Å². The Morgan fingerprint density at radius 1 is 1.27 bits per heavy atom. The third-order valence-electron chi connectivity index (χ3n) is 1.58. The van der Waals surface area contributed by atoms with Crippen LogP contribution in [0.1, 0.15) is 10.4 Å². The van der Waals surface area contributed by atoms with Crippen LogP contribution >= 0.6 is 0 Å². The van der Waals surface area contributed by atoms with Gasteiger partial charge in [-0.25, -0.2) is 0 Å². The van der Waals surface area contributed by atoms with Gasteiger partial charge in [-0.1, -0.05) is 0 Å². The van der Waals surface area contributed by atoms with Gasteiger partial charge < -0.3 is 5.11 Å². The maximum absolute atomic E-state index is 11.1. The minimum absolute atomic E-state index is 0. The number of carbonyl (C=O) groups is 1. The summed E-state index contributed by atoms with van der Waals surface area (Å²) < 4.78 is 0. The molecule has 1 rings (SSSR count). The predicted octanol–water partition coefficient (Wildman–Crippen LogP) is -2.34. The minimum atomic E-state index is -0.558. The molecule has 0 heterocycles. The Kier molecular flexibility index (Phi) is 5.84. The van der Waals surface area contributed by atoms with E-state index < -0.39 is 10.7 Å². The Morgan fingerprint density at radius 3 is 2.20 bits per heavy atom. The maximum Gasteiger partial charge on any atom is 1.00 e. The minimum Gasteiger partial charge on any atom is -0.878 e. The molecule has 0 bridgehead atoms. The van der Waals surface area contributed by atoms with E-state index in [9.17, 15) is 20.0 Å². The first-order valence-corrected chi connectivity index (χ1v) is 3.72. The summed E-state index contributed by atoms with van der Waals surface area (Å²) in [6.07, 6.45) is 1.24. The average Bonchev–Trinajstić information content (AvgIpc) is 2.18.